The Hall–Kier alpha value is -2.54. The van der Waals surface area contributed by atoms with Crippen LogP contribution in [0.1, 0.15) is 25.7 Å². The molecule has 0 radical (unpaired) electrons. The molecule has 1 fully saturated rings. The molecule has 0 aliphatic carbocycles. The smallest absolute Gasteiger partial charge is 0.326 e. The fourth-order valence-corrected chi connectivity index (χ4v) is 3.22. The molecule has 0 saturated carbocycles. The maximum atomic E-state index is 12.7. The Kier molecular flexibility index (Phi) is 10.2. The zero-order chi connectivity index (χ0) is 22.0. The second-order valence-electron chi connectivity index (χ2n) is 6.54. The number of hydrogen-bond acceptors (Lipinski definition) is 7. The van der Waals surface area contributed by atoms with Gasteiger partial charge in [0.15, 0.2) is 5.96 Å². The molecule has 1 aliphatic heterocycles. The highest BCUT2D eigenvalue weighted by atomic mass is 32.1. The highest BCUT2D eigenvalue weighted by Gasteiger charge is 2.37. The molecule has 0 bridgehead atoms. The SMILES string of the molecule is NCC(=O)NC(CCCN=C(N)N)C(=O)NC(CS)C(=O)N1CCCC1C(=O)O. The van der Waals surface area contributed by atoms with Crippen molar-refractivity contribution in [2.24, 2.45) is 22.2 Å². The molecule has 9 N–H and O–H groups in total. The first kappa shape index (κ1) is 24.5. The second kappa shape index (κ2) is 12.1. The summed E-state index contributed by atoms with van der Waals surface area (Å²) in [5.41, 5.74) is 15.8. The molecule has 0 aromatic heterocycles. The summed E-state index contributed by atoms with van der Waals surface area (Å²) in [6, 6.07) is -2.90. The molecule has 3 unspecified atom stereocenters. The number of nitrogens with zero attached hydrogens (tertiary/aromatic N) is 2. The van der Waals surface area contributed by atoms with E-state index in [1.54, 1.807) is 0 Å². The number of aliphatic carboxylic acids is 1. The van der Waals surface area contributed by atoms with Crippen molar-refractivity contribution in [3.63, 3.8) is 0 Å². The van der Waals surface area contributed by atoms with E-state index >= 15 is 0 Å². The van der Waals surface area contributed by atoms with E-state index in [0.29, 0.717) is 25.8 Å². The van der Waals surface area contributed by atoms with E-state index in [4.69, 9.17) is 17.2 Å². The third-order valence-corrected chi connectivity index (χ3v) is 4.77. The van der Waals surface area contributed by atoms with E-state index in [2.05, 4.69) is 28.3 Å². The van der Waals surface area contributed by atoms with E-state index in [1.165, 1.54) is 4.90 Å². The van der Waals surface area contributed by atoms with E-state index in [1.807, 2.05) is 0 Å². The highest BCUT2D eigenvalue weighted by molar-refractivity contribution is 7.80. The lowest BCUT2D eigenvalue weighted by atomic mass is 10.1. The van der Waals surface area contributed by atoms with Crippen LogP contribution in [-0.2, 0) is 19.2 Å². The molecule has 1 heterocycles. The van der Waals surface area contributed by atoms with E-state index in [9.17, 15) is 24.3 Å². The van der Waals surface area contributed by atoms with Crippen LogP contribution in [0.25, 0.3) is 0 Å². The van der Waals surface area contributed by atoms with Crippen LogP contribution in [0.3, 0.4) is 0 Å². The van der Waals surface area contributed by atoms with Gasteiger partial charge in [0.05, 0.1) is 6.54 Å². The number of rotatable bonds is 11. The molecule has 0 aromatic carbocycles. The zero-order valence-electron chi connectivity index (χ0n) is 16.0. The highest BCUT2D eigenvalue weighted by Crippen LogP contribution is 2.19. The molecule has 3 amide bonds. The van der Waals surface area contributed by atoms with Crippen molar-refractivity contribution in [1.82, 2.24) is 15.5 Å². The molecular weight excluding hydrogens is 402 g/mol. The molecule has 12 nitrogen and oxygen atoms in total. The van der Waals surface area contributed by atoms with E-state index < -0.39 is 41.8 Å². The number of guanidine groups is 1. The van der Waals surface area contributed by atoms with Crippen molar-refractivity contribution in [1.29, 1.82) is 0 Å². The number of amides is 3. The van der Waals surface area contributed by atoms with Gasteiger partial charge in [-0.05, 0) is 25.7 Å². The molecule has 3 atom stereocenters. The fourth-order valence-electron chi connectivity index (χ4n) is 2.97. The number of thiol groups is 1. The molecule has 29 heavy (non-hydrogen) atoms. The van der Waals surface area contributed by atoms with Crippen LogP contribution in [0, 0.1) is 0 Å². The second-order valence-corrected chi connectivity index (χ2v) is 6.91. The number of hydrogen-bond donors (Lipinski definition) is 7. The molecule has 0 aromatic rings. The predicted octanol–water partition coefficient (Wildman–Crippen LogP) is -3.03. The van der Waals surface area contributed by atoms with Crippen LogP contribution in [0.5, 0.6) is 0 Å². The van der Waals surface area contributed by atoms with Crippen molar-refractivity contribution >= 4 is 42.3 Å². The largest absolute Gasteiger partial charge is 0.480 e. The molecule has 164 valence electrons. The topological polar surface area (TPSA) is 206 Å². The number of nitrogens with two attached hydrogens (primary N) is 3. The van der Waals surface area contributed by atoms with Gasteiger partial charge in [-0.3, -0.25) is 19.4 Å². The van der Waals surface area contributed by atoms with Crippen LogP contribution < -0.4 is 27.8 Å². The number of aliphatic imine (C=N–C) groups is 1. The van der Waals surface area contributed by atoms with Crippen molar-refractivity contribution in [2.75, 3.05) is 25.4 Å². The van der Waals surface area contributed by atoms with Crippen LogP contribution in [0.15, 0.2) is 4.99 Å². The van der Waals surface area contributed by atoms with Crippen molar-refractivity contribution in [2.45, 2.75) is 43.8 Å². The quantitative estimate of drug-likeness (QED) is 0.0773. The summed E-state index contributed by atoms with van der Waals surface area (Å²) < 4.78 is 0. The van der Waals surface area contributed by atoms with Gasteiger partial charge in [0.1, 0.15) is 18.1 Å². The Morgan fingerprint density at radius 1 is 1.21 bits per heavy atom. The lowest BCUT2D eigenvalue weighted by Gasteiger charge is -2.28. The molecule has 0 spiro atoms. The average Bonchev–Trinajstić information content (AvgIpc) is 3.17. The summed E-state index contributed by atoms with van der Waals surface area (Å²) in [4.78, 5) is 53.4. The van der Waals surface area contributed by atoms with Gasteiger partial charge < -0.3 is 37.8 Å². The predicted molar refractivity (Wildman–Crippen MR) is 109 cm³/mol. The van der Waals surface area contributed by atoms with Crippen molar-refractivity contribution in [3.05, 3.63) is 0 Å². The van der Waals surface area contributed by atoms with E-state index in [-0.39, 0.29) is 31.2 Å². The molecule has 1 rings (SSSR count). The monoisotopic (exact) mass is 431 g/mol. The van der Waals surface area contributed by atoms with Crippen LogP contribution in [0.4, 0.5) is 0 Å². The number of carboxylic acid groups (broad SMARTS) is 1. The van der Waals surface area contributed by atoms with Crippen LogP contribution in [-0.4, -0.2) is 83.2 Å². The molecule has 13 heteroatoms. The summed E-state index contributed by atoms with van der Waals surface area (Å²) in [6.45, 7) is 0.246. The lowest BCUT2D eigenvalue weighted by molar-refractivity contribution is -0.149. The van der Waals surface area contributed by atoms with Gasteiger partial charge in [-0.1, -0.05) is 0 Å². The Labute approximate surface area is 174 Å². The minimum absolute atomic E-state index is 0.0288. The summed E-state index contributed by atoms with van der Waals surface area (Å²) in [5.74, 6) is -2.87. The third-order valence-electron chi connectivity index (χ3n) is 4.40. The van der Waals surface area contributed by atoms with Crippen molar-refractivity contribution < 1.29 is 24.3 Å². The maximum Gasteiger partial charge on any atom is 0.326 e. The van der Waals surface area contributed by atoms with Gasteiger partial charge in [-0.15, -0.1) is 0 Å². The van der Waals surface area contributed by atoms with E-state index in [0.717, 1.165) is 0 Å². The normalized spacial score (nSPS) is 17.9. The summed E-state index contributed by atoms with van der Waals surface area (Å²) in [5, 5.41) is 14.3. The van der Waals surface area contributed by atoms with Gasteiger partial charge in [-0.2, -0.15) is 12.6 Å². The van der Waals surface area contributed by atoms with Gasteiger partial charge in [-0.25, -0.2) is 4.79 Å². The van der Waals surface area contributed by atoms with Gasteiger partial charge in [0.2, 0.25) is 17.7 Å². The Balaban J connectivity index is 2.79. The minimum atomic E-state index is -1.09. The Bertz CT molecular complexity index is 641. The summed E-state index contributed by atoms with van der Waals surface area (Å²) >= 11 is 4.11. The zero-order valence-corrected chi connectivity index (χ0v) is 16.9. The van der Waals surface area contributed by atoms with Gasteiger partial charge in [0, 0.05) is 18.8 Å². The van der Waals surface area contributed by atoms with Crippen LogP contribution >= 0.6 is 12.6 Å². The number of carboxylic acids is 1. The van der Waals surface area contributed by atoms with Crippen molar-refractivity contribution in [3.8, 4) is 0 Å². The molecular formula is C16H29N7O5S. The van der Waals surface area contributed by atoms with Gasteiger partial charge >= 0.3 is 5.97 Å². The first-order chi connectivity index (χ1) is 13.7. The summed E-state index contributed by atoms with van der Waals surface area (Å²) in [7, 11) is 0. The first-order valence-electron chi connectivity index (χ1n) is 9.20. The summed E-state index contributed by atoms with van der Waals surface area (Å²) in [6.07, 6.45) is 1.53. The molecule has 1 aliphatic rings. The number of nitrogens with one attached hydrogen (secondary N) is 2. The standard InChI is InChI=1S/C16H29N7O5S/c17-7-12(24)21-9(3-1-5-20-16(18)19)13(25)22-10(8-29)14(26)23-6-2-4-11(23)15(27)28/h9-11,29H,1-8,17H2,(H,21,24)(H,22,25)(H,27,28)(H4,18,19,20). The molecule has 1 saturated heterocycles. The first-order valence-corrected chi connectivity index (χ1v) is 9.83. The third kappa shape index (κ3) is 7.77. The number of likely N-dealkylation sites (tertiary alicyclic amines) is 1. The Morgan fingerprint density at radius 3 is 2.45 bits per heavy atom. The number of carbonyl (C=O) groups is 4. The number of carbonyl (C=O) groups excluding carboxylic acids is 3. The average molecular weight is 432 g/mol. The maximum absolute atomic E-state index is 12.7. The van der Waals surface area contributed by atoms with Crippen LogP contribution in [0.2, 0.25) is 0 Å². The fraction of sp³-hybridized carbons (Fsp3) is 0.688. The Morgan fingerprint density at radius 2 is 1.90 bits per heavy atom. The lowest BCUT2D eigenvalue weighted by Crippen LogP contribution is -2.56. The van der Waals surface area contributed by atoms with Gasteiger partial charge in [0.25, 0.3) is 0 Å². The minimum Gasteiger partial charge on any atom is -0.480 e.